The molecule has 0 aliphatic carbocycles. The fourth-order valence-electron chi connectivity index (χ4n) is 2.14. The summed E-state index contributed by atoms with van der Waals surface area (Å²) in [7, 11) is 5.53. The molecule has 1 amide bonds. The first-order valence-corrected chi connectivity index (χ1v) is 7.31. The molecule has 0 aliphatic heterocycles. The van der Waals surface area contributed by atoms with Crippen molar-refractivity contribution in [3.8, 4) is 11.4 Å². The lowest BCUT2D eigenvalue weighted by atomic mass is 10.1. The standard InChI is InChI=1S/C17H22N4O/c1-6-21(5)17(22)14-11-18-15(19-16(14)20(3)4)13-9-7-8-12(2)10-13/h7-11H,6H2,1-5H3. The third-order valence-electron chi connectivity index (χ3n) is 3.52. The normalized spacial score (nSPS) is 10.4. The number of anilines is 1. The van der Waals surface area contributed by atoms with Crippen molar-refractivity contribution in [2.24, 2.45) is 0 Å². The smallest absolute Gasteiger partial charge is 0.258 e. The maximum atomic E-state index is 12.4. The fourth-order valence-corrected chi connectivity index (χ4v) is 2.14. The van der Waals surface area contributed by atoms with Crippen LogP contribution in [0.1, 0.15) is 22.8 Å². The van der Waals surface area contributed by atoms with E-state index in [0.29, 0.717) is 23.8 Å². The molecule has 1 aromatic carbocycles. The molecule has 0 unspecified atom stereocenters. The van der Waals surface area contributed by atoms with E-state index < -0.39 is 0 Å². The van der Waals surface area contributed by atoms with E-state index in [4.69, 9.17) is 0 Å². The van der Waals surface area contributed by atoms with Gasteiger partial charge < -0.3 is 9.80 Å². The first kappa shape index (κ1) is 15.9. The SMILES string of the molecule is CCN(C)C(=O)c1cnc(-c2cccc(C)c2)nc1N(C)C. The van der Waals surface area contributed by atoms with Crippen LogP contribution < -0.4 is 4.90 Å². The molecule has 0 fully saturated rings. The van der Waals surface area contributed by atoms with Crippen molar-refractivity contribution in [2.75, 3.05) is 32.6 Å². The monoisotopic (exact) mass is 298 g/mol. The zero-order valence-electron chi connectivity index (χ0n) is 13.8. The molecule has 2 rings (SSSR count). The predicted octanol–water partition coefficient (Wildman–Crippen LogP) is 2.61. The van der Waals surface area contributed by atoms with Crippen LogP contribution in [-0.2, 0) is 0 Å². The Morgan fingerprint density at radius 1 is 1.23 bits per heavy atom. The maximum absolute atomic E-state index is 12.4. The topological polar surface area (TPSA) is 49.3 Å². The van der Waals surface area contributed by atoms with Crippen LogP contribution in [0.3, 0.4) is 0 Å². The minimum atomic E-state index is -0.0676. The molecular formula is C17H22N4O. The van der Waals surface area contributed by atoms with E-state index >= 15 is 0 Å². The Kier molecular flexibility index (Phi) is 4.75. The number of aryl methyl sites for hydroxylation is 1. The predicted molar refractivity (Wildman–Crippen MR) is 89.2 cm³/mol. The molecule has 0 saturated heterocycles. The van der Waals surface area contributed by atoms with Crippen molar-refractivity contribution < 1.29 is 4.79 Å². The van der Waals surface area contributed by atoms with Gasteiger partial charge in [-0.15, -0.1) is 0 Å². The summed E-state index contributed by atoms with van der Waals surface area (Å²) in [6.45, 7) is 4.62. The summed E-state index contributed by atoms with van der Waals surface area (Å²) in [5.41, 5.74) is 2.62. The average molecular weight is 298 g/mol. The van der Waals surface area contributed by atoms with Gasteiger partial charge in [0, 0.05) is 39.4 Å². The van der Waals surface area contributed by atoms with Crippen molar-refractivity contribution in [3.05, 3.63) is 41.6 Å². The summed E-state index contributed by atoms with van der Waals surface area (Å²) < 4.78 is 0. The highest BCUT2D eigenvalue weighted by Gasteiger charge is 2.19. The van der Waals surface area contributed by atoms with Gasteiger partial charge in [0.05, 0.1) is 0 Å². The van der Waals surface area contributed by atoms with Crippen LogP contribution in [0.2, 0.25) is 0 Å². The molecular weight excluding hydrogens is 276 g/mol. The van der Waals surface area contributed by atoms with Gasteiger partial charge in [0.15, 0.2) is 5.82 Å². The molecule has 0 saturated carbocycles. The summed E-state index contributed by atoms with van der Waals surface area (Å²) in [5, 5.41) is 0. The number of aromatic nitrogens is 2. The third kappa shape index (κ3) is 3.24. The van der Waals surface area contributed by atoms with Gasteiger partial charge in [0.2, 0.25) is 0 Å². The largest absolute Gasteiger partial charge is 0.362 e. The van der Waals surface area contributed by atoms with Crippen molar-refractivity contribution in [1.82, 2.24) is 14.9 Å². The second-order valence-electron chi connectivity index (χ2n) is 5.51. The number of amides is 1. The van der Waals surface area contributed by atoms with Gasteiger partial charge in [-0.1, -0.05) is 23.8 Å². The zero-order chi connectivity index (χ0) is 16.3. The summed E-state index contributed by atoms with van der Waals surface area (Å²) in [4.78, 5) is 24.9. The number of carbonyl (C=O) groups excluding carboxylic acids is 1. The molecule has 0 radical (unpaired) electrons. The van der Waals surface area contributed by atoms with Crippen LogP contribution in [0.4, 0.5) is 5.82 Å². The Morgan fingerprint density at radius 2 is 1.95 bits per heavy atom. The molecule has 5 heteroatoms. The number of hydrogen-bond donors (Lipinski definition) is 0. The summed E-state index contributed by atoms with van der Waals surface area (Å²) in [5.74, 6) is 1.20. The van der Waals surface area contributed by atoms with Crippen LogP contribution in [-0.4, -0.2) is 48.5 Å². The Morgan fingerprint density at radius 3 is 2.55 bits per heavy atom. The molecule has 2 aromatic rings. The lowest BCUT2D eigenvalue weighted by Crippen LogP contribution is -2.29. The highest BCUT2D eigenvalue weighted by Crippen LogP contribution is 2.22. The zero-order valence-corrected chi connectivity index (χ0v) is 13.8. The fraction of sp³-hybridized carbons (Fsp3) is 0.353. The van der Waals surface area contributed by atoms with Crippen LogP contribution in [0.25, 0.3) is 11.4 Å². The van der Waals surface area contributed by atoms with Gasteiger partial charge in [-0.25, -0.2) is 9.97 Å². The van der Waals surface area contributed by atoms with E-state index in [9.17, 15) is 4.79 Å². The quantitative estimate of drug-likeness (QED) is 0.870. The molecule has 5 nitrogen and oxygen atoms in total. The van der Waals surface area contributed by atoms with Gasteiger partial charge in [-0.05, 0) is 19.9 Å². The minimum absolute atomic E-state index is 0.0676. The number of carbonyl (C=O) groups is 1. The van der Waals surface area contributed by atoms with Gasteiger partial charge in [0.25, 0.3) is 5.91 Å². The number of hydrogen-bond acceptors (Lipinski definition) is 4. The molecule has 0 N–H and O–H groups in total. The Bertz CT molecular complexity index is 682. The molecule has 0 atom stereocenters. The average Bonchev–Trinajstić information content (AvgIpc) is 2.52. The van der Waals surface area contributed by atoms with Crippen LogP contribution in [0.5, 0.6) is 0 Å². The first-order chi connectivity index (χ1) is 10.4. The molecule has 116 valence electrons. The molecule has 0 bridgehead atoms. The lowest BCUT2D eigenvalue weighted by Gasteiger charge is -2.20. The van der Waals surface area contributed by atoms with Gasteiger partial charge >= 0.3 is 0 Å². The maximum Gasteiger partial charge on any atom is 0.258 e. The van der Waals surface area contributed by atoms with E-state index in [1.54, 1.807) is 18.1 Å². The molecule has 1 heterocycles. The van der Waals surface area contributed by atoms with E-state index in [-0.39, 0.29) is 5.91 Å². The van der Waals surface area contributed by atoms with E-state index in [1.807, 2.05) is 57.1 Å². The third-order valence-corrected chi connectivity index (χ3v) is 3.52. The second-order valence-corrected chi connectivity index (χ2v) is 5.51. The highest BCUT2D eigenvalue weighted by atomic mass is 16.2. The molecule has 0 aliphatic rings. The molecule has 0 spiro atoms. The van der Waals surface area contributed by atoms with Crippen molar-refractivity contribution in [1.29, 1.82) is 0 Å². The number of benzene rings is 1. The Hall–Kier alpha value is -2.43. The van der Waals surface area contributed by atoms with Crippen molar-refractivity contribution in [2.45, 2.75) is 13.8 Å². The first-order valence-electron chi connectivity index (χ1n) is 7.31. The summed E-state index contributed by atoms with van der Waals surface area (Å²) in [6, 6.07) is 8.02. The highest BCUT2D eigenvalue weighted by molar-refractivity contribution is 5.98. The number of rotatable bonds is 4. The summed E-state index contributed by atoms with van der Waals surface area (Å²) >= 11 is 0. The lowest BCUT2D eigenvalue weighted by molar-refractivity contribution is 0.0802. The second kappa shape index (κ2) is 6.56. The van der Waals surface area contributed by atoms with Gasteiger partial charge in [-0.3, -0.25) is 4.79 Å². The minimum Gasteiger partial charge on any atom is -0.362 e. The molecule has 22 heavy (non-hydrogen) atoms. The van der Waals surface area contributed by atoms with Gasteiger partial charge in [-0.2, -0.15) is 0 Å². The molecule has 1 aromatic heterocycles. The Balaban J connectivity index is 2.50. The van der Waals surface area contributed by atoms with Crippen LogP contribution >= 0.6 is 0 Å². The summed E-state index contributed by atoms with van der Waals surface area (Å²) in [6.07, 6.45) is 1.62. The van der Waals surface area contributed by atoms with Crippen molar-refractivity contribution in [3.63, 3.8) is 0 Å². The van der Waals surface area contributed by atoms with E-state index in [0.717, 1.165) is 11.1 Å². The van der Waals surface area contributed by atoms with E-state index in [1.165, 1.54) is 0 Å². The van der Waals surface area contributed by atoms with Crippen molar-refractivity contribution >= 4 is 11.7 Å². The van der Waals surface area contributed by atoms with Crippen LogP contribution in [0, 0.1) is 6.92 Å². The Labute approximate surface area is 131 Å². The van der Waals surface area contributed by atoms with Crippen LogP contribution in [0.15, 0.2) is 30.5 Å². The number of nitrogens with zero attached hydrogens (tertiary/aromatic N) is 4. The van der Waals surface area contributed by atoms with Gasteiger partial charge in [0.1, 0.15) is 11.4 Å². The van der Waals surface area contributed by atoms with E-state index in [2.05, 4.69) is 9.97 Å².